The highest BCUT2D eigenvalue weighted by molar-refractivity contribution is 6.76. The van der Waals surface area contributed by atoms with Crippen molar-refractivity contribution < 1.29 is 14.3 Å². The number of carbonyl (C=O) groups excluding carboxylic acids is 1. The van der Waals surface area contributed by atoms with Crippen molar-refractivity contribution in [3.8, 4) is 6.07 Å². The molecule has 1 N–H and O–H groups in total. The summed E-state index contributed by atoms with van der Waals surface area (Å²) in [5, 5.41) is 14.3. The zero-order chi connectivity index (χ0) is 26.4. The van der Waals surface area contributed by atoms with Crippen molar-refractivity contribution in [2.45, 2.75) is 70.9 Å². The van der Waals surface area contributed by atoms with E-state index >= 15 is 0 Å². The Hall–Kier alpha value is -3.35. The number of piperidine rings is 1. The van der Waals surface area contributed by atoms with Crippen molar-refractivity contribution in [3.63, 3.8) is 0 Å². The molecule has 37 heavy (non-hydrogen) atoms. The molecule has 196 valence electrons. The van der Waals surface area contributed by atoms with E-state index in [1.807, 2.05) is 54.1 Å². The number of benzene rings is 1. The highest BCUT2D eigenvalue weighted by Gasteiger charge is 2.33. The number of anilines is 1. The fraction of sp³-hybridized carbons (Fsp3) is 0.464. The van der Waals surface area contributed by atoms with Crippen LogP contribution < -0.4 is 5.32 Å². The fourth-order valence-electron chi connectivity index (χ4n) is 4.61. The highest BCUT2D eigenvalue weighted by Crippen LogP contribution is 2.30. The summed E-state index contributed by atoms with van der Waals surface area (Å²) in [6.07, 6.45) is 4.99. The first-order valence-corrected chi connectivity index (χ1v) is 16.7. The van der Waals surface area contributed by atoms with Gasteiger partial charge in [-0.05, 0) is 37.4 Å². The molecule has 0 bridgehead atoms. The van der Waals surface area contributed by atoms with E-state index in [9.17, 15) is 10.1 Å². The first-order chi connectivity index (χ1) is 17.8. The van der Waals surface area contributed by atoms with Crippen LogP contribution in [-0.4, -0.2) is 53.9 Å². The van der Waals surface area contributed by atoms with Crippen LogP contribution in [0.1, 0.15) is 30.9 Å². The number of nitrogens with zero attached hydrogens (tertiary/aromatic N) is 4. The van der Waals surface area contributed by atoms with Crippen molar-refractivity contribution in [1.82, 2.24) is 14.5 Å². The standard InChI is InChI=1S/C28H37N5O3Si/c1-21-25(11-8-13-33(21)28(34)36-19-22-9-6-5-7-10-22)31-26-23(17-29)18-30-27-24(26)12-14-32(27)20-35-15-16-37(2,3)4/h5-7,9-10,12,14,18,21,25H,8,11,13,15-16,19-20H2,1-4H3,(H,30,31)/t21-,25-/m1/s1. The van der Waals surface area contributed by atoms with E-state index in [0.29, 0.717) is 18.8 Å². The van der Waals surface area contributed by atoms with E-state index in [1.54, 1.807) is 11.1 Å². The summed E-state index contributed by atoms with van der Waals surface area (Å²) in [6, 6.07) is 14.9. The molecule has 0 radical (unpaired) electrons. The molecule has 3 aromatic rings. The lowest BCUT2D eigenvalue weighted by Gasteiger charge is -2.39. The van der Waals surface area contributed by atoms with Crippen LogP contribution in [0.4, 0.5) is 10.5 Å². The van der Waals surface area contributed by atoms with E-state index in [0.717, 1.165) is 47.8 Å². The molecule has 1 aliphatic rings. The van der Waals surface area contributed by atoms with Crippen molar-refractivity contribution >= 4 is 30.9 Å². The minimum Gasteiger partial charge on any atom is -0.445 e. The van der Waals surface area contributed by atoms with Crippen LogP contribution in [0.15, 0.2) is 48.8 Å². The highest BCUT2D eigenvalue weighted by atomic mass is 28.3. The van der Waals surface area contributed by atoms with Gasteiger partial charge in [0.25, 0.3) is 0 Å². The third-order valence-electron chi connectivity index (χ3n) is 6.89. The summed E-state index contributed by atoms with van der Waals surface area (Å²) in [5.74, 6) is 0. The van der Waals surface area contributed by atoms with E-state index in [1.165, 1.54) is 0 Å². The van der Waals surface area contributed by atoms with Crippen LogP contribution in [0.25, 0.3) is 11.0 Å². The molecule has 9 heteroatoms. The van der Waals surface area contributed by atoms with Crippen molar-refractivity contribution in [1.29, 1.82) is 5.26 Å². The fourth-order valence-corrected chi connectivity index (χ4v) is 5.36. The van der Waals surface area contributed by atoms with Crippen LogP contribution in [0.2, 0.25) is 25.7 Å². The molecule has 1 saturated heterocycles. The maximum atomic E-state index is 12.9. The number of amides is 1. The van der Waals surface area contributed by atoms with Gasteiger partial charge in [0.05, 0.1) is 17.3 Å². The molecule has 0 aliphatic carbocycles. The van der Waals surface area contributed by atoms with Gasteiger partial charge in [-0.15, -0.1) is 0 Å². The molecule has 2 atom stereocenters. The summed E-state index contributed by atoms with van der Waals surface area (Å²) >= 11 is 0. The molecule has 1 aliphatic heterocycles. The number of nitrogens with one attached hydrogen (secondary N) is 1. The molecule has 2 aromatic heterocycles. The third-order valence-corrected chi connectivity index (χ3v) is 8.60. The van der Waals surface area contributed by atoms with E-state index in [4.69, 9.17) is 9.47 Å². The van der Waals surface area contributed by atoms with Crippen LogP contribution in [-0.2, 0) is 22.8 Å². The van der Waals surface area contributed by atoms with Gasteiger partial charge in [-0.25, -0.2) is 9.78 Å². The molecular weight excluding hydrogens is 482 g/mol. The number of hydrogen-bond donors (Lipinski definition) is 1. The first-order valence-electron chi connectivity index (χ1n) is 13.0. The number of rotatable bonds is 9. The first kappa shape index (κ1) is 26.7. The van der Waals surface area contributed by atoms with E-state index in [2.05, 4.69) is 36.0 Å². The van der Waals surface area contributed by atoms with E-state index < -0.39 is 8.07 Å². The zero-order valence-corrected chi connectivity index (χ0v) is 23.2. The van der Waals surface area contributed by atoms with Crippen molar-refractivity contribution in [2.75, 3.05) is 18.5 Å². The average Bonchev–Trinajstić information content (AvgIpc) is 3.30. The maximum Gasteiger partial charge on any atom is 0.410 e. The Bertz CT molecular complexity index is 1250. The second kappa shape index (κ2) is 11.8. The number of hydrogen-bond acceptors (Lipinski definition) is 6. The molecule has 0 saturated carbocycles. The van der Waals surface area contributed by atoms with Crippen LogP contribution >= 0.6 is 0 Å². The molecule has 3 heterocycles. The quantitative estimate of drug-likeness (QED) is 0.283. The lowest BCUT2D eigenvalue weighted by atomic mass is 9.97. The smallest absolute Gasteiger partial charge is 0.410 e. The lowest BCUT2D eigenvalue weighted by Crippen LogP contribution is -2.52. The van der Waals surface area contributed by atoms with Gasteiger partial charge in [0.1, 0.15) is 25.1 Å². The Balaban J connectivity index is 1.46. The minimum atomic E-state index is -1.16. The Morgan fingerprint density at radius 2 is 2.03 bits per heavy atom. The molecule has 4 rings (SSSR count). The Kier molecular flexibility index (Phi) is 8.51. The molecule has 1 amide bonds. The lowest BCUT2D eigenvalue weighted by molar-refractivity contribution is 0.0688. The van der Waals surface area contributed by atoms with Gasteiger partial charge in [0.15, 0.2) is 0 Å². The van der Waals surface area contributed by atoms with Crippen molar-refractivity contribution in [3.05, 3.63) is 59.9 Å². The number of pyridine rings is 1. The van der Waals surface area contributed by atoms with E-state index in [-0.39, 0.29) is 24.8 Å². The second-order valence-electron chi connectivity index (χ2n) is 10.9. The van der Waals surface area contributed by atoms with Gasteiger partial charge in [-0.1, -0.05) is 50.0 Å². The van der Waals surface area contributed by atoms with Gasteiger partial charge >= 0.3 is 6.09 Å². The SMILES string of the molecule is C[C@@H]1[C@H](Nc2c(C#N)cnc3c2ccn3COCC[Si](C)(C)C)CCCN1C(=O)OCc1ccccc1. The molecular formula is C28H37N5O3Si. The summed E-state index contributed by atoms with van der Waals surface area (Å²) in [7, 11) is -1.16. The van der Waals surface area contributed by atoms with Crippen LogP contribution in [0, 0.1) is 11.3 Å². The maximum absolute atomic E-state index is 12.9. The minimum absolute atomic E-state index is 0.0212. The number of fused-ring (bicyclic) bond motifs is 1. The summed E-state index contributed by atoms with van der Waals surface area (Å²) < 4.78 is 13.5. The number of ether oxygens (including phenoxy) is 2. The third kappa shape index (κ3) is 6.70. The van der Waals surface area contributed by atoms with Gasteiger partial charge < -0.3 is 24.3 Å². The molecule has 1 aromatic carbocycles. The Morgan fingerprint density at radius 3 is 2.76 bits per heavy atom. The number of aromatic nitrogens is 2. The second-order valence-corrected chi connectivity index (χ2v) is 16.5. The monoisotopic (exact) mass is 519 g/mol. The van der Waals surface area contributed by atoms with Gasteiger partial charge in [-0.3, -0.25) is 0 Å². The molecule has 0 unspecified atom stereocenters. The van der Waals surface area contributed by atoms with Gasteiger partial charge in [0.2, 0.25) is 0 Å². The Morgan fingerprint density at radius 1 is 1.24 bits per heavy atom. The topological polar surface area (TPSA) is 92.4 Å². The number of nitriles is 1. The summed E-state index contributed by atoms with van der Waals surface area (Å²) in [4.78, 5) is 19.2. The molecule has 8 nitrogen and oxygen atoms in total. The largest absolute Gasteiger partial charge is 0.445 e. The Labute approximate surface area is 220 Å². The molecule has 1 fully saturated rings. The number of carbonyl (C=O) groups is 1. The van der Waals surface area contributed by atoms with Crippen molar-refractivity contribution in [2.24, 2.45) is 0 Å². The van der Waals surface area contributed by atoms with Gasteiger partial charge in [0, 0.05) is 45.0 Å². The summed E-state index contributed by atoms with van der Waals surface area (Å²) in [6.45, 7) is 11.1. The predicted octanol–water partition coefficient (Wildman–Crippen LogP) is 5.82. The normalized spacial score (nSPS) is 18.0. The average molecular weight is 520 g/mol. The van der Waals surface area contributed by atoms with Gasteiger partial charge in [-0.2, -0.15) is 5.26 Å². The zero-order valence-electron chi connectivity index (χ0n) is 22.2. The molecule has 0 spiro atoms. The predicted molar refractivity (Wildman–Crippen MR) is 148 cm³/mol. The number of likely N-dealkylation sites (tertiary alicyclic amines) is 1. The van der Waals surface area contributed by atoms with Crippen LogP contribution in [0.3, 0.4) is 0 Å². The summed E-state index contributed by atoms with van der Waals surface area (Å²) in [5.41, 5.74) is 2.98. The van der Waals surface area contributed by atoms with Crippen LogP contribution in [0.5, 0.6) is 0 Å².